The summed E-state index contributed by atoms with van der Waals surface area (Å²) in [7, 11) is 0. The highest BCUT2D eigenvalue weighted by molar-refractivity contribution is 5.85. The number of H-pyrrole nitrogens is 1. The second-order valence-corrected chi connectivity index (χ2v) is 20.3. The number of hydrogen-bond donors (Lipinski definition) is 7. The molecule has 0 fully saturated rings. The van der Waals surface area contributed by atoms with Crippen molar-refractivity contribution >= 4 is 52.8 Å². The highest BCUT2D eigenvalue weighted by Gasteiger charge is 2.21. The number of carboxylic acids is 2. The van der Waals surface area contributed by atoms with Crippen LogP contribution >= 0.6 is 0 Å². The first kappa shape index (κ1) is 73.0. The van der Waals surface area contributed by atoms with E-state index in [9.17, 15) is 48.3 Å². The molecule has 1 aromatic rings. The van der Waals surface area contributed by atoms with E-state index >= 15 is 0 Å². The summed E-state index contributed by atoms with van der Waals surface area (Å²) >= 11 is 0. The molecular weight excluding hydrogens is 1010 g/mol. The number of ketones is 4. The van der Waals surface area contributed by atoms with Gasteiger partial charge in [0.25, 0.3) is 0 Å². The van der Waals surface area contributed by atoms with Crippen LogP contribution < -0.4 is 21.7 Å². The molecular formula is C57H100N6O15. The van der Waals surface area contributed by atoms with E-state index in [1.807, 2.05) is 0 Å². The van der Waals surface area contributed by atoms with Gasteiger partial charge in [-0.3, -0.25) is 28.8 Å². The Balaban J connectivity index is 0.00000599. The van der Waals surface area contributed by atoms with Crippen molar-refractivity contribution in [3.05, 3.63) is 18.2 Å². The molecule has 21 nitrogen and oxygen atoms in total. The third-order valence-corrected chi connectivity index (χ3v) is 12.7. The summed E-state index contributed by atoms with van der Waals surface area (Å²) in [6, 6.07) is -1.63. The molecule has 0 unspecified atom stereocenters. The molecule has 0 radical (unpaired) electrons. The van der Waals surface area contributed by atoms with E-state index in [0.717, 1.165) is 69.9 Å². The lowest BCUT2D eigenvalue weighted by atomic mass is 9.95. The smallest absolute Gasteiger partial charge is 0.326 e. The van der Waals surface area contributed by atoms with Gasteiger partial charge in [-0.1, -0.05) is 96.8 Å². The number of ether oxygens (including phenoxy) is 4. The lowest BCUT2D eigenvalue weighted by molar-refractivity contribution is -0.142. The first-order valence-electron chi connectivity index (χ1n) is 28.8. The van der Waals surface area contributed by atoms with Crippen molar-refractivity contribution in [3.63, 3.8) is 0 Å². The van der Waals surface area contributed by atoms with Crippen molar-refractivity contribution < 1.29 is 72.3 Å². The summed E-state index contributed by atoms with van der Waals surface area (Å²) in [5.41, 5.74) is 6.87. The van der Waals surface area contributed by atoms with Crippen molar-refractivity contribution in [2.24, 2.45) is 11.7 Å². The van der Waals surface area contributed by atoms with E-state index in [-0.39, 0.29) is 126 Å². The maximum Gasteiger partial charge on any atom is 0.326 e. The van der Waals surface area contributed by atoms with Gasteiger partial charge < -0.3 is 65.4 Å². The van der Waals surface area contributed by atoms with Gasteiger partial charge in [0.2, 0.25) is 17.7 Å². The van der Waals surface area contributed by atoms with Gasteiger partial charge in [-0.15, -0.1) is 0 Å². The van der Waals surface area contributed by atoms with Crippen molar-refractivity contribution in [2.45, 2.75) is 219 Å². The molecule has 0 spiro atoms. The Bertz CT molecular complexity index is 1750. The molecule has 448 valence electrons. The number of nitrogens with one attached hydrogen (secondary N) is 4. The number of amides is 3. The lowest BCUT2D eigenvalue weighted by Gasteiger charge is -2.14. The fourth-order valence-electron chi connectivity index (χ4n) is 8.04. The van der Waals surface area contributed by atoms with Crippen LogP contribution in [0.15, 0.2) is 12.5 Å². The molecule has 1 heterocycles. The predicted molar refractivity (Wildman–Crippen MR) is 297 cm³/mol. The van der Waals surface area contributed by atoms with Crippen LogP contribution in [0, 0.1) is 5.92 Å². The molecule has 1 aromatic heterocycles. The third kappa shape index (κ3) is 50.5. The fraction of sp³-hybridized carbons (Fsp3) is 0.789. The zero-order chi connectivity index (χ0) is 57.9. The summed E-state index contributed by atoms with van der Waals surface area (Å²) in [5.74, 6) is -2.02. The fourth-order valence-corrected chi connectivity index (χ4v) is 8.04. The van der Waals surface area contributed by atoms with Crippen LogP contribution in [0.4, 0.5) is 0 Å². The number of hydrogen-bond acceptors (Lipinski definition) is 15. The summed E-state index contributed by atoms with van der Waals surface area (Å²) < 4.78 is 21.6. The number of nitrogens with zero attached hydrogens (tertiary/aromatic N) is 1. The normalized spacial score (nSPS) is 12.2. The Morgan fingerprint density at radius 1 is 0.538 bits per heavy atom. The Hall–Kier alpha value is -4.96. The Morgan fingerprint density at radius 3 is 1.59 bits per heavy atom. The average Bonchev–Trinajstić information content (AvgIpc) is 3.91. The summed E-state index contributed by atoms with van der Waals surface area (Å²) in [4.78, 5) is 111. The van der Waals surface area contributed by atoms with E-state index in [1.54, 1.807) is 26.4 Å². The Labute approximate surface area is 464 Å². The second-order valence-electron chi connectivity index (χ2n) is 20.3. The molecule has 1 rings (SSSR count). The minimum Gasteiger partial charge on any atom is -0.481 e. The molecule has 0 bridgehead atoms. The molecule has 0 aliphatic heterocycles. The maximum atomic E-state index is 12.4. The summed E-state index contributed by atoms with van der Waals surface area (Å²) in [6.07, 6.45) is 25.9. The molecule has 0 aliphatic rings. The van der Waals surface area contributed by atoms with Gasteiger partial charge in [0.05, 0.1) is 45.4 Å². The Morgan fingerprint density at radius 2 is 1.06 bits per heavy atom. The van der Waals surface area contributed by atoms with Crippen molar-refractivity contribution in [3.8, 4) is 0 Å². The molecule has 21 heteroatoms. The maximum absolute atomic E-state index is 12.4. The number of carboxylic acid groups (broad SMARTS) is 2. The molecule has 78 heavy (non-hydrogen) atoms. The monoisotopic (exact) mass is 1110 g/mol. The molecule has 8 N–H and O–H groups in total. The largest absolute Gasteiger partial charge is 0.481 e. The number of nitrogens with two attached hydrogens (primary N) is 1. The zero-order valence-electron chi connectivity index (χ0n) is 47.7. The van der Waals surface area contributed by atoms with Crippen LogP contribution in [-0.4, -0.2) is 151 Å². The quantitative estimate of drug-likeness (QED) is 0.0320. The van der Waals surface area contributed by atoms with E-state index < -0.39 is 24.0 Å². The van der Waals surface area contributed by atoms with Crippen molar-refractivity contribution in [1.82, 2.24) is 25.9 Å². The van der Waals surface area contributed by atoms with E-state index in [4.69, 9.17) is 29.8 Å². The molecule has 0 saturated heterocycles. The van der Waals surface area contributed by atoms with Crippen molar-refractivity contribution in [1.29, 1.82) is 0 Å². The first-order valence-corrected chi connectivity index (χ1v) is 28.8. The minimum atomic E-state index is -1.16. The number of carbonyl (C=O) groups excluding carboxylic acids is 7. The highest BCUT2D eigenvalue weighted by Crippen LogP contribution is 2.16. The molecule has 3 atom stereocenters. The number of unbranched alkanes of at least 4 members (excludes halogenated alkanes) is 14. The highest BCUT2D eigenvalue weighted by atomic mass is 16.5. The van der Waals surface area contributed by atoms with Crippen LogP contribution in [0.1, 0.15) is 206 Å². The Kier molecular flexibility index (Phi) is 48.2. The number of imidazole rings is 1. The number of aromatic amines is 1. The van der Waals surface area contributed by atoms with Gasteiger partial charge in [0, 0.05) is 83.0 Å². The van der Waals surface area contributed by atoms with Gasteiger partial charge in [0.1, 0.15) is 42.4 Å². The minimum absolute atomic E-state index is 0.0340. The van der Waals surface area contributed by atoms with E-state index in [2.05, 4.69) is 32.8 Å². The van der Waals surface area contributed by atoms with Crippen LogP contribution in [0.5, 0.6) is 0 Å². The SMILES string of the molecule is CC(=O)CCCC(C)=O.C[C@H](CCCCNC(=O)COCCOCCNC(=O)COCCOCCCC(=O)CC[C@H](NC(=O)CCCCCCCCCCCCCCCCC(=O)O)C(=O)O)CCC(=O)[C@@H](N)Cc1cnc[nH]1. The van der Waals surface area contributed by atoms with Crippen LogP contribution in [-0.2, 0) is 68.5 Å². The number of Topliss-reactive ketones (excluding diaryl/α,β-unsaturated/α-hetero) is 4. The van der Waals surface area contributed by atoms with E-state index in [0.29, 0.717) is 64.0 Å². The molecule has 0 saturated carbocycles. The molecule has 0 aliphatic carbocycles. The average molecular weight is 1110 g/mol. The van der Waals surface area contributed by atoms with E-state index in [1.165, 1.54) is 44.9 Å². The topological polar surface area (TPSA) is 322 Å². The summed E-state index contributed by atoms with van der Waals surface area (Å²) in [6.45, 7) is 7.34. The zero-order valence-corrected chi connectivity index (χ0v) is 47.7. The summed E-state index contributed by atoms with van der Waals surface area (Å²) in [5, 5.41) is 26.3. The number of carbonyl (C=O) groups is 9. The predicted octanol–water partition coefficient (Wildman–Crippen LogP) is 7.09. The van der Waals surface area contributed by atoms with Gasteiger partial charge in [-0.2, -0.15) is 0 Å². The van der Waals surface area contributed by atoms with Gasteiger partial charge in [0.15, 0.2) is 0 Å². The third-order valence-electron chi connectivity index (χ3n) is 12.7. The number of aliphatic carboxylic acids is 2. The van der Waals surface area contributed by atoms with Gasteiger partial charge in [-0.25, -0.2) is 9.78 Å². The molecule has 3 amide bonds. The van der Waals surface area contributed by atoms with Crippen molar-refractivity contribution in [2.75, 3.05) is 65.9 Å². The number of aromatic nitrogens is 2. The number of rotatable bonds is 54. The van der Waals surface area contributed by atoms with Gasteiger partial charge >= 0.3 is 11.9 Å². The standard InChI is InChI=1S/C50H88N6O13.C7H12O2/c1-40(23-26-45(58)43(51)35-41-36-52-39-55-41)19-16-17-27-53-47(60)37-69-34-32-67-30-28-54-48(61)38-68-33-31-66-29-18-20-42(57)24-25-44(50(64)65)56-46(59)21-14-12-10-8-6-4-2-3-5-7-9-11-13-15-22-49(62)63;1-6(8)4-3-5-7(2)9/h36,39-40,43-44H,2-35,37-38,51H2,1H3,(H,52,55)(H,53,60)(H,54,61)(H,56,59)(H,62,63)(H,64,65);3-5H2,1-2H3/t40-,43+,44+;/m1./s1. The second kappa shape index (κ2) is 51.5. The van der Waals surface area contributed by atoms with Crippen LogP contribution in [0.25, 0.3) is 0 Å². The van der Waals surface area contributed by atoms with Gasteiger partial charge in [-0.05, 0) is 64.7 Å². The first-order chi connectivity index (χ1) is 37.5. The lowest BCUT2D eigenvalue weighted by Crippen LogP contribution is -2.41. The van der Waals surface area contributed by atoms with Crippen LogP contribution in [0.2, 0.25) is 0 Å². The molecule has 0 aromatic carbocycles. The van der Waals surface area contributed by atoms with Crippen LogP contribution in [0.3, 0.4) is 0 Å².